The SMILES string of the molecule is C=CCOc1ccc(/C(O)=C2\C(=O)C(=O)N(CCN3CCOCC3)C2c2ccc(C)cc2)cc1C. The smallest absolute Gasteiger partial charge is 0.295 e. The number of morpholine rings is 1. The number of amides is 1. The minimum absolute atomic E-state index is 0.111. The molecular formula is C28H32N2O5. The molecule has 7 nitrogen and oxygen atoms in total. The van der Waals surface area contributed by atoms with Crippen molar-refractivity contribution in [1.29, 1.82) is 0 Å². The lowest BCUT2D eigenvalue weighted by molar-refractivity contribution is -0.140. The van der Waals surface area contributed by atoms with Crippen LogP contribution in [-0.4, -0.2) is 72.6 Å². The topological polar surface area (TPSA) is 79.3 Å². The van der Waals surface area contributed by atoms with E-state index in [1.807, 2.05) is 38.1 Å². The van der Waals surface area contributed by atoms with E-state index >= 15 is 0 Å². The first kappa shape index (κ1) is 24.7. The third kappa shape index (κ3) is 5.31. The Hall–Kier alpha value is -3.42. The molecule has 0 radical (unpaired) electrons. The summed E-state index contributed by atoms with van der Waals surface area (Å²) in [7, 11) is 0. The van der Waals surface area contributed by atoms with Crippen LogP contribution >= 0.6 is 0 Å². The fourth-order valence-corrected chi connectivity index (χ4v) is 4.54. The number of likely N-dealkylation sites (tertiary alicyclic amines) is 1. The van der Waals surface area contributed by atoms with Crippen molar-refractivity contribution in [2.75, 3.05) is 46.0 Å². The van der Waals surface area contributed by atoms with Crippen LogP contribution in [0.4, 0.5) is 0 Å². The van der Waals surface area contributed by atoms with Crippen molar-refractivity contribution in [2.24, 2.45) is 0 Å². The van der Waals surface area contributed by atoms with Crippen molar-refractivity contribution in [2.45, 2.75) is 19.9 Å². The second-order valence-electron chi connectivity index (χ2n) is 8.94. The number of aliphatic hydroxyl groups is 1. The molecule has 2 aliphatic rings. The highest BCUT2D eigenvalue weighted by Crippen LogP contribution is 2.39. The van der Waals surface area contributed by atoms with Crippen molar-refractivity contribution >= 4 is 17.4 Å². The minimum Gasteiger partial charge on any atom is -0.507 e. The third-order valence-electron chi connectivity index (χ3n) is 6.50. The number of aryl methyl sites for hydroxylation is 2. The summed E-state index contributed by atoms with van der Waals surface area (Å²) >= 11 is 0. The number of carbonyl (C=O) groups is 2. The van der Waals surface area contributed by atoms with Gasteiger partial charge in [0.1, 0.15) is 18.1 Å². The number of hydrogen-bond donors (Lipinski definition) is 1. The van der Waals surface area contributed by atoms with E-state index in [-0.39, 0.29) is 11.3 Å². The summed E-state index contributed by atoms with van der Waals surface area (Å²) in [4.78, 5) is 30.2. The Morgan fingerprint density at radius 2 is 1.83 bits per heavy atom. The zero-order chi connectivity index (χ0) is 24.9. The Bertz CT molecular complexity index is 1130. The predicted octanol–water partition coefficient (Wildman–Crippen LogP) is 3.62. The normalized spacial score (nSPS) is 20.3. The molecule has 2 saturated heterocycles. The van der Waals surface area contributed by atoms with Gasteiger partial charge in [-0.2, -0.15) is 0 Å². The zero-order valence-corrected chi connectivity index (χ0v) is 20.3. The minimum atomic E-state index is -0.667. The number of rotatable bonds is 8. The average molecular weight is 477 g/mol. The predicted molar refractivity (Wildman–Crippen MR) is 134 cm³/mol. The maximum Gasteiger partial charge on any atom is 0.295 e. The number of ether oxygens (including phenoxy) is 2. The fourth-order valence-electron chi connectivity index (χ4n) is 4.54. The summed E-state index contributed by atoms with van der Waals surface area (Å²) in [6.07, 6.45) is 1.66. The molecular weight excluding hydrogens is 444 g/mol. The number of hydrogen-bond acceptors (Lipinski definition) is 6. The second kappa shape index (κ2) is 10.9. The van der Waals surface area contributed by atoms with Crippen LogP contribution in [0.15, 0.2) is 60.7 Å². The van der Waals surface area contributed by atoms with Gasteiger partial charge >= 0.3 is 0 Å². The fraction of sp³-hybridized carbons (Fsp3) is 0.357. The van der Waals surface area contributed by atoms with E-state index in [0.717, 1.165) is 29.8 Å². The maximum absolute atomic E-state index is 13.2. The van der Waals surface area contributed by atoms with Crippen molar-refractivity contribution in [1.82, 2.24) is 9.80 Å². The van der Waals surface area contributed by atoms with Gasteiger partial charge in [-0.25, -0.2) is 0 Å². The molecule has 0 spiro atoms. The molecule has 0 aliphatic carbocycles. The lowest BCUT2D eigenvalue weighted by Crippen LogP contribution is -2.42. The van der Waals surface area contributed by atoms with Crippen LogP contribution in [-0.2, 0) is 14.3 Å². The lowest BCUT2D eigenvalue weighted by Gasteiger charge is -2.31. The van der Waals surface area contributed by atoms with Gasteiger partial charge in [0.05, 0.1) is 24.8 Å². The van der Waals surface area contributed by atoms with Crippen LogP contribution in [0.25, 0.3) is 5.76 Å². The van der Waals surface area contributed by atoms with Gasteiger partial charge in [-0.05, 0) is 43.2 Å². The molecule has 2 aromatic carbocycles. The molecule has 0 bridgehead atoms. The van der Waals surface area contributed by atoms with E-state index in [9.17, 15) is 14.7 Å². The molecule has 1 unspecified atom stereocenters. The highest BCUT2D eigenvalue weighted by Gasteiger charge is 2.46. The van der Waals surface area contributed by atoms with Gasteiger partial charge in [0, 0.05) is 31.7 Å². The molecule has 2 aromatic rings. The number of carbonyl (C=O) groups excluding carboxylic acids is 2. The van der Waals surface area contributed by atoms with E-state index in [1.54, 1.807) is 29.2 Å². The van der Waals surface area contributed by atoms with Gasteiger partial charge in [0.25, 0.3) is 11.7 Å². The van der Waals surface area contributed by atoms with Crippen LogP contribution in [0.5, 0.6) is 5.75 Å². The Morgan fingerprint density at radius 1 is 1.11 bits per heavy atom. The summed E-state index contributed by atoms with van der Waals surface area (Å²) in [6, 6.07) is 12.3. The summed E-state index contributed by atoms with van der Waals surface area (Å²) < 4.78 is 11.1. The molecule has 1 atom stereocenters. The van der Waals surface area contributed by atoms with Crippen LogP contribution in [0.3, 0.4) is 0 Å². The monoisotopic (exact) mass is 476 g/mol. The zero-order valence-electron chi connectivity index (χ0n) is 20.3. The Labute approximate surface area is 206 Å². The van der Waals surface area contributed by atoms with Gasteiger partial charge in [-0.3, -0.25) is 14.5 Å². The Morgan fingerprint density at radius 3 is 2.49 bits per heavy atom. The first-order valence-corrected chi connectivity index (χ1v) is 11.9. The highest BCUT2D eigenvalue weighted by atomic mass is 16.5. The number of nitrogens with zero attached hydrogens (tertiary/aromatic N) is 2. The molecule has 4 rings (SSSR count). The van der Waals surface area contributed by atoms with Gasteiger partial charge in [0.15, 0.2) is 0 Å². The first-order chi connectivity index (χ1) is 16.9. The molecule has 0 aromatic heterocycles. The van der Waals surface area contributed by atoms with Crippen LogP contribution in [0, 0.1) is 13.8 Å². The van der Waals surface area contributed by atoms with E-state index in [4.69, 9.17) is 9.47 Å². The van der Waals surface area contributed by atoms with Crippen molar-refractivity contribution in [3.05, 3.63) is 82.9 Å². The first-order valence-electron chi connectivity index (χ1n) is 11.9. The van der Waals surface area contributed by atoms with Gasteiger partial charge in [0.2, 0.25) is 0 Å². The summed E-state index contributed by atoms with van der Waals surface area (Å²) in [5.41, 5.74) is 3.26. The molecule has 2 aliphatic heterocycles. The van der Waals surface area contributed by atoms with Gasteiger partial charge in [-0.1, -0.05) is 42.5 Å². The van der Waals surface area contributed by atoms with E-state index in [1.165, 1.54) is 0 Å². The van der Waals surface area contributed by atoms with Crippen molar-refractivity contribution in [3.8, 4) is 5.75 Å². The largest absolute Gasteiger partial charge is 0.507 e. The van der Waals surface area contributed by atoms with Crippen LogP contribution < -0.4 is 4.74 Å². The van der Waals surface area contributed by atoms with Crippen LogP contribution in [0.2, 0.25) is 0 Å². The summed E-state index contributed by atoms with van der Waals surface area (Å²) in [6.45, 7) is 11.8. The number of aliphatic hydroxyl groups excluding tert-OH is 1. The standard InChI is InChI=1S/C28H32N2O5/c1-4-15-35-23-10-9-22(18-20(23)3)26(31)24-25(21-7-5-19(2)6-8-21)30(28(33)27(24)32)12-11-29-13-16-34-17-14-29/h4-10,18,25,31H,1,11-17H2,2-3H3/b26-24+. The second-order valence-corrected chi connectivity index (χ2v) is 8.94. The molecule has 2 fully saturated rings. The summed E-state index contributed by atoms with van der Waals surface area (Å²) in [5.74, 6) is -0.767. The van der Waals surface area contributed by atoms with E-state index in [2.05, 4.69) is 11.5 Å². The molecule has 1 amide bonds. The molecule has 35 heavy (non-hydrogen) atoms. The van der Waals surface area contributed by atoms with E-state index in [0.29, 0.717) is 44.2 Å². The van der Waals surface area contributed by atoms with Gasteiger partial charge in [-0.15, -0.1) is 0 Å². The highest BCUT2D eigenvalue weighted by molar-refractivity contribution is 6.46. The van der Waals surface area contributed by atoms with Crippen LogP contribution in [0.1, 0.15) is 28.3 Å². The van der Waals surface area contributed by atoms with E-state index < -0.39 is 17.7 Å². The lowest BCUT2D eigenvalue weighted by atomic mass is 9.94. The number of benzene rings is 2. The Balaban J connectivity index is 1.71. The van der Waals surface area contributed by atoms with Crippen molar-refractivity contribution in [3.63, 3.8) is 0 Å². The maximum atomic E-state index is 13.2. The molecule has 2 heterocycles. The molecule has 1 N–H and O–H groups in total. The average Bonchev–Trinajstić information content (AvgIpc) is 3.12. The molecule has 0 saturated carbocycles. The number of ketones is 1. The quantitative estimate of drug-likeness (QED) is 0.271. The molecule has 7 heteroatoms. The number of Topliss-reactive ketones (excluding diaryl/α,β-unsaturated/α-hetero) is 1. The Kier molecular flexibility index (Phi) is 7.68. The summed E-state index contributed by atoms with van der Waals surface area (Å²) in [5, 5.41) is 11.3. The third-order valence-corrected chi connectivity index (χ3v) is 6.50. The van der Waals surface area contributed by atoms with Gasteiger partial charge < -0.3 is 19.5 Å². The molecule has 184 valence electrons. The van der Waals surface area contributed by atoms with Crippen molar-refractivity contribution < 1.29 is 24.2 Å².